The molecule has 0 unspecified atom stereocenters. The van der Waals surface area contributed by atoms with E-state index < -0.39 is 105 Å². The highest BCUT2D eigenvalue weighted by Gasteiger charge is 2.63. The van der Waals surface area contributed by atoms with Crippen molar-refractivity contribution < 1.29 is 59.4 Å². The Kier molecular flexibility index (Phi) is 12.5. The highest BCUT2D eigenvalue weighted by molar-refractivity contribution is 7.91. The van der Waals surface area contributed by atoms with Crippen molar-refractivity contribution in [1.29, 1.82) is 0 Å². The maximum atomic E-state index is 14.8. The summed E-state index contributed by atoms with van der Waals surface area (Å²) in [6.07, 6.45) is 0.0414. The molecule has 2 aromatic rings. The molecule has 0 radical (unpaired) electrons. The quantitative estimate of drug-likeness (QED) is 0.145. The predicted molar refractivity (Wildman–Crippen MR) is 208 cm³/mol. The van der Waals surface area contributed by atoms with Crippen molar-refractivity contribution in [3.63, 3.8) is 0 Å². The Morgan fingerprint density at radius 1 is 1.07 bits per heavy atom. The minimum absolute atomic E-state index is 0.0170. The van der Waals surface area contributed by atoms with Gasteiger partial charge in [-0.05, 0) is 83.1 Å². The van der Waals surface area contributed by atoms with E-state index in [2.05, 4.69) is 9.71 Å². The van der Waals surface area contributed by atoms with E-state index in [4.69, 9.17) is 14.2 Å². The number of carbonyl (C=O) groups excluding carboxylic acids is 4. The molecule has 2 amide bonds. The maximum absolute atomic E-state index is 14.8. The summed E-state index contributed by atoms with van der Waals surface area (Å²) >= 11 is 0. The van der Waals surface area contributed by atoms with E-state index in [-0.39, 0.29) is 44.0 Å². The zero-order valence-electron chi connectivity index (χ0n) is 34.0. The van der Waals surface area contributed by atoms with Gasteiger partial charge in [-0.25, -0.2) is 17.8 Å². The number of nitrogens with one attached hydrogen (secondary N) is 1. The lowest BCUT2D eigenvalue weighted by Gasteiger charge is -2.33. The minimum Gasteiger partial charge on any atom is -0.492 e. The number of sulfonamides is 1. The molecule has 2 aliphatic carbocycles. The normalized spacial score (nSPS) is 29.3. The SMILES string of the molecule is CCOc1cnc(O[C@@H]2C[C@H]3C(=O)C[C@]4(C(=O)NS(=O)(=O)C5(CF)CC5)C[C@H]4/C=C\CC[C@@H](C)C[C@@H](C)[C@H](CC(=O)OC(C)(C)C(F)(F)F)C(=O)N3C2)c2ccccc12. The number of carbonyl (C=O) groups is 4. The first-order valence-corrected chi connectivity index (χ1v) is 21.7. The number of fused-ring (bicyclic) bond motifs is 3. The summed E-state index contributed by atoms with van der Waals surface area (Å²) in [6, 6.07) is 5.99. The third kappa shape index (κ3) is 9.09. The number of aromatic nitrogens is 1. The summed E-state index contributed by atoms with van der Waals surface area (Å²) in [4.78, 5) is 62.5. The van der Waals surface area contributed by atoms with E-state index in [1.165, 1.54) is 11.1 Å². The summed E-state index contributed by atoms with van der Waals surface area (Å²) in [7, 11) is -4.42. The molecular weight excluding hydrogens is 799 g/mol. The van der Waals surface area contributed by atoms with Gasteiger partial charge in [0.15, 0.2) is 5.78 Å². The number of hydrogen-bond donors (Lipinski definition) is 1. The zero-order valence-corrected chi connectivity index (χ0v) is 34.8. The van der Waals surface area contributed by atoms with Gasteiger partial charge in [0.2, 0.25) is 33.3 Å². The molecule has 59 heavy (non-hydrogen) atoms. The van der Waals surface area contributed by atoms with Gasteiger partial charge in [-0.3, -0.25) is 23.9 Å². The van der Waals surface area contributed by atoms with Gasteiger partial charge in [0.1, 0.15) is 23.3 Å². The van der Waals surface area contributed by atoms with Crippen molar-refractivity contribution in [3.05, 3.63) is 42.6 Å². The standard InChI is InChI=1S/C42H53F4N3O9S/c1-6-56-34-22-47-36(30-14-10-9-13-29(30)34)57-28-18-32-33(50)21-41(38(53)48-59(54,55)40(24-43)15-16-40)20-27(41)12-8-7-11-25(2)17-26(3)31(37(52)49(32)23-28)19-35(51)58-39(4,5)42(44,45)46/h8-10,12-14,22,25-28,31-32H,6-7,11,15-21,23-24H2,1-5H3,(H,48,53)/b12-8-/t25-,26-,27-,28-,31+,32+,41-/m1/s1. The molecule has 324 valence electrons. The molecule has 3 heterocycles. The second kappa shape index (κ2) is 16.6. The molecule has 7 atom stereocenters. The van der Waals surface area contributed by atoms with Crippen LogP contribution in [0.3, 0.4) is 0 Å². The summed E-state index contributed by atoms with van der Waals surface area (Å²) in [5.41, 5.74) is -4.33. The van der Waals surface area contributed by atoms with Gasteiger partial charge in [0.25, 0.3) is 0 Å². The van der Waals surface area contributed by atoms with E-state index in [0.717, 1.165) is 13.8 Å². The van der Waals surface area contributed by atoms with Crippen LogP contribution in [-0.4, -0.2) is 90.4 Å². The number of halogens is 4. The number of rotatable bonds is 11. The lowest BCUT2D eigenvalue weighted by molar-refractivity contribution is -0.257. The smallest absolute Gasteiger partial charge is 0.427 e. The first-order chi connectivity index (χ1) is 27.7. The van der Waals surface area contributed by atoms with Gasteiger partial charge in [-0.15, -0.1) is 0 Å². The number of hydrogen-bond acceptors (Lipinski definition) is 10. The Balaban J connectivity index is 1.36. The first-order valence-electron chi connectivity index (χ1n) is 20.3. The lowest BCUT2D eigenvalue weighted by atomic mass is 9.82. The fourth-order valence-corrected chi connectivity index (χ4v) is 9.91. The average Bonchev–Trinajstić information content (AvgIpc) is 4.07. The number of alkyl halides is 4. The number of ketones is 1. The molecule has 6 rings (SSSR count). The Bertz CT molecular complexity index is 2090. The minimum atomic E-state index is -4.88. The molecular formula is C42H53F4N3O9S. The van der Waals surface area contributed by atoms with E-state index in [1.807, 2.05) is 32.1 Å². The van der Waals surface area contributed by atoms with Crippen LogP contribution in [0.1, 0.15) is 92.4 Å². The Hall–Kier alpha value is -4.28. The van der Waals surface area contributed by atoms with Gasteiger partial charge < -0.3 is 19.1 Å². The Morgan fingerprint density at radius 2 is 1.76 bits per heavy atom. The topological polar surface area (TPSA) is 158 Å². The number of pyridine rings is 1. The van der Waals surface area contributed by atoms with Crippen LogP contribution in [-0.2, 0) is 33.9 Å². The summed E-state index contributed by atoms with van der Waals surface area (Å²) in [5, 5.41) is 1.31. The van der Waals surface area contributed by atoms with Crippen LogP contribution in [0, 0.1) is 29.1 Å². The molecule has 0 spiro atoms. The molecule has 1 aromatic heterocycles. The van der Waals surface area contributed by atoms with Gasteiger partial charge in [-0.1, -0.05) is 44.2 Å². The van der Waals surface area contributed by atoms with E-state index in [9.17, 15) is 45.2 Å². The number of benzene rings is 1. The molecule has 2 saturated carbocycles. The molecule has 1 N–H and O–H groups in total. The van der Waals surface area contributed by atoms with Crippen LogP contribution in [0.4, 0.5) is 17.6 Å². The highest BCUT2D eigenvalue weighted by atomic mass is 32.2. The van der Waals surface area contributed by atoms with Crippen molar-refractivity contribution in [3.8, 4) is 11.6 Å². The Labute approximate surface area is 341 Å². The maximum Gasteiger partial charge on any atom is 0.427 e. The predicted octanol–water partition coefficient (Wildman–Crippen LogP) is 6.80. The third-order valence-electron chi connectivity index (χ3n) is 12.6. The van der Waals surface area contributed by atoms with E-state index in [0.29, 0.717) is 42.4 Å². The van der Waals surface area contributed by atoms with E-state index >= 15 is 0 Å². The monoisotopic (exact) mass is 851 g/mol. The van der Waals surface area contributed by atoms with Crippen molar-refractivity contribution in [1.82, 2.24) is 14.6 Å². The highest BCUT2D eigenvalue weighted by Crippen LogP contribution is 2.58. The van der Waals surface area contributed by atoms with Crippen molar-refractivity contribution >= 4 is 44.4 Å². The van der Waals surface area contributed by atoms with Crippen molar-refractivity contribution in [2.75, 3.05) is 19.8 Å². The molecule has 12 nitrogen and oxygen atoms in total. The van der Waals surface area contributed by atoms with Crippen LogP contribution in [0.2, 0.25) is 0 Å². The molecule has 4 aliphatic rings. The largest absolute Gasteiger partial charge is 0.492 e. The van der Waals surface area contributed by atoms with E-state index in [1.54, 1.807) is 25.1 Å². The van der Waals surface area contributed by atoms with Crippen LogP contribution in [0.15, 0.2) is 42.6 Å². The second-order valence-corrected chi connectivity index (χ2v) is 19.4. The van der Waals surface area contributed by atoms with Crippen LogP contribution in [0.25, 0.3) is 10.8 Å². The van der Waals surface area contributed by atoms with Gasteiger partial charge in [0.05, 0.1) is 43.1 Å². The number of esters is 1. The molecule has 1 saturated heterocycles. The van der Waals surface area contributed by atoms with Crippen LogP contribution >= 0.6 is 0 Å². The zero-order chi connectivity index (χ0) is 43.1. The van der Waals surface area contributed by atoms with Crippen LogP contribution < -0.4 is 14.2 Å². The van der Waals surface area contributed by atoms with Crippen LogP contribution in [0.5, 0.6) is 11.6 Å². The number of Topliss-reactive ketones (excluding diaryl/α,β-unsaturated/α-hetero) is 1. The van der Waals surface area contributed by atoms with Gasteiger partial charge in [0, 0.05) is 23.6 Å². The van der Waals surface area contributed by atoms with Crippen molar-refractivity contribution in [2.24, 2.45) is 29.1 Å². The molecule has 3 fully saturated rings. The number of allylic oxidation sites excluding steroid dienone is 2. The van der Waals surface area contributed by atoms with Gasteiger partial charge >= 0.3 is 12.1 Å². The Morgan fingerprint density at radius 3 is 2.41 bits per heavy atom. The fraction of sp³-hybridized carbons (Fsp3) is 0.643. The second-order valence-electron chi connectivity index (χ2n) is 17.4. The fourth-order valence-electron chi connectivity index (χ4n) is 8.47. The first kappa shape index (κ1) is 44.3. The number of amides is 2. The summed E-state index contributed by atoms with van der Waals surface area (Å²) < 4.78 is 99.1. The molecule has 1 aromatic carbocycles. The van der Waals surface area contributed by atoms with Gasteiger partial charge in [-0.2, -0.15) is 13.2 Å². The average molecular weight is 852 g/mol. The molecule has 0 bridgehead atoms. The molecule has 2 aliphatic heterocycles. The number of ether oxygens (including phenoxy) is 3. The molecule has 17 heteroatoms. The summed E-state index contributed by atoms with van der Waals surface area (Å²) in [5.74, 6) is -4.94. The lowest BCUT2D eigenvalue weighted by Crippen LogP contribution is -2.49. The summed E-state index contributed by atoms with van der Waals surface area (Å²) in [6.45, 7) is 6.02. The number of nitrogens with zero attached hydrogens (tertiary/aromatic N) is 2. The van der Waals surface area contributed by atoms with Crippen molar-refractivity contribution in [2.45, 2.75) is 121 Å². The third-order valence-corrected chi connectivity index (χ3v) is 14.7.